The Morgan fingerprint density at radius 1 is 0.914 bits per heavy atom. The molecule has 4 nitrogen and oxygen atoms in total. The molecule has 0 bridgehead atoms. The van der Waals surface area contributed by atoms with Crippen molar-refractivity contribution in [2.45, 2.75) is 44.6 Å². The Labute approximate surface area is 202 Å². The summed E-state index contributed by atoms with van der Waals surface area (Å²) in [5.41, 5.74) is 1.31. The van der Waals surface area contributed by atoms with Crippen molar-refractivity contribution >= 4 is 5.97 Å². The molecule has 0 spiro atoms. The first-order chi connectivity index (χ1) is 16.9. The van der Waals surface area contributed by atoms with Crippen LogP contribution in [0.3, 0.4) is 0 Å². The van der Waals surface area contributed by atoms with Crippen molar-refractivity contribution < 1.29 is 32.2 Å². The summed E-state index contributed by atoms with van der Waals surface area (Å²) < 4.78 is 59.7. The van der Waals surface area contributed by atoms with Crippen LogP contribution in [0.1, 0.15) is 54.4 Å². The first-order valence-electron chi connectivity index (χ1n) is 11.7. The maximum atomic E-state index is 14.8. The number of esters is 1. The van der Waals surface area contributed by atoms with Gasteiger partial charge in [0.2, 0.25) is 5.82 Å². The van der Waals surface area contributed by atoms with Crippen molar-refractivity contribution in [3.63, 3.8) is 0 Å². The lowest BCUT2D eigenvalue weighted by Crippen LogP contribution is -2.20. The second-order valence-electron chi connectivity index (χ2n) is 8.53. The molecule has 0 saturated heterocycles. The van der Waals surface area contributed by atoms with Crippen molar-refractivity contribution in [2.24, 2.45) is 0 Å². The van der Waals surface area contributed by atoms with Crippen molar-refractivity contribution in [3.05, 3.63) is 83.2 Å². The van der Waals surface area contributed by atoms with E-state index < -0.39 is 29.2 Å². The Bertz CT molecular complexity index is 1190. The molecule has 3 aromatic carbocycles. The third-order valence-electron chi connectivity index (χ3n) is 6.41. The second-order valence-corrected chi connectivity index (χ2v) is 8.53. The Balaban J connectivity index is 1.46. The molecule has 0 radical (unpaired) electrons. The largest absolute Gasteiger partial charge is 0.494 e. The number of hydrogen-bond donors (Lipinski definition) is 0. The number of carbonyl (C=O) groups excluding carboxylic acids is 1. The van der Waals surface area contributed by atoms with E-state index in [0.29, 0.717) is 41.9 Å². The van der Waals surface area contributed by atoms with Crippen LogP contribution < -0.4 is 9.47 Å². The highest BCUT2D eigenvalue weighted by molar-refractivity contribution is 5.91. The molecule has 0 amide bonds. The van der Waals surface area contributed by atoms with Gasteiger partial charge >= 0.3 is 5.97 Å². The SMILES string of the molecule is CCOc1ccc(-c2ccc(C(=O)Oc3ccc(C4CCC(OC)CC4)c(F)c3F)cc2)c(F)c1. The number of benzene rings is 3. The first-order valence-corrected chi connectivity index (χ1v) is 11.7. The molecule has 1 fully saturated rings. The molecular weight excluding hydrogens is 457 g/mol. The lowest BCUT2D eigenvalue weighted by molar-refractivity contribution is 0.0653. The van der Waals surface area contributed by atoms with Gasteiger partial charge in [-0.2, -0.15) is 4.39 Å². The van der Waals surface area contributed by atoms with Crippen molar-refractivity contribution in [1.82, 2.24) is 0 Å². The maximum absolute atomic E-state index is 14.8. The zero-order valence-corrected chi connectivity index (χ0v) is 19.7. The van der Waals surface area contributed by atoms with Gasteiger partial charge in [-0.05, 0) is 80.0 Å². The molecule has 0 unspecified atom stereocenters. The average Bonchev–Trinajstić information content (AvgIpc) is 2.87. The minimum atomic E-state index is -1.18. The van der Waals surface area contributed by atoms with E-state index in [1.54, 1.807) is 31.4 Å². The van der Waals surface area contributed by atoms with Gasteiger partial charge in [-0.1, -0.05) is 18.2 Å². The van der Waals surface area contributed by atoms with Crippen LogP contribution in [0, 0.1) is 17.5 Å². The van der Waals surface area contributed by atoms with Crippen molar-refractivity contribution in [2.75, 3.05) is 13.7 Å². The molecule has 1 aliphatic rings. The van der Waals surface area contributed by atoms with Gasteiger partial charge in [0.25, 0.3) is 0 Å². The molecule has 0 heterocycles. The molecule has 3 aromatic rings. The summed E-state index contributed by atoms with van der Waals surface area (Å²) in [4.78, 5) is 12.5. The number of ether oxygens (including phenoxy) is 3. The maximum Gasteiger partial charge on any atom is 0.343 e. The molecule has 1 saturated carbocycles. The van der Waals surface area contributed by atoms with Gasteiger partial charge in [0.05, 0.1) is 18.3 Å². The van der Waals surface area contributed by atoms with Gasteiger partial charge in [0.1, 0.15) is 11.6 Å². The summed E-state index contributed by atoms with van der Waals surface area (Å²) in [5.74, 6) is -3.61. The van der Waals surface area contributed by atoms with Gasteiger partial charge in [-0.25, -0.2) is 13.6 Å². The minimum Gasteiger partial charge on any atom is -0.494 e. The van der Waals surface area contributed by atoms with Crippen LogP contribution in [0.4, 0.5) is 13.2 Å². The van der Waals surface area contributed by atoms with Gasteiger partial charge in [-0.3, -0.25) is 0 Å². The van der Waals surface area contributed by atoms with E-state index >= 15 is 0 Å². The Hall–Kier alpha value is -3.32. The number of hydrogen-bond acceptors (Lipinski definition) is 4. The molecule has 7 heteroatoms. The summed E-state index contributed by atoms with van der Waals surface area (Å²) in [6.45, 7) is 2.24. The van der Waals surface area contributed by atoms with E-state index in [1.807, 2.05) is 6.92 Å². The highest BCUT2D eigenvalue weighted by atomic mass is 19.2. The topological polar surface area (TPSA) is 44.8 Å². The van der Waals surface area contributed by atoms with Crippen molar-refractivity contribution in [3.8, 4) is 22.6 Å². The zero-order chi connectivity index (χ0) is 24.9. The molecule has 1 aliphatic carbocycles. The molecule has 0 N–H and O–H groups in total. The lowest BCUT2D eigenvalue weighted by atomic mass is 9.82. The van der Waals surface area contributed by atoms with E-state index in [-0.39, 0.29) is 17.6 Å². The molecular formula is C28H27F3O4. The number of rotatable bonds is 7. The fraction of sp³-hybridized carbons (Fsp3) is 0.321. The van der Waals surface area contributed by atoms with Gasteiger partial charge in [0.15, 0.2) is 11.6 Å². The standard InChI is InChI=1S/C28H27F3O4/c1-3-34-21-12-13-22(24(29)16-21)17-4-6-19(7-5-17)28(32)35-25-15-14-23(26(30)27(25)31)18-8-10-20(33-2)11-9-18/h4-7,12-16,18,20H,3,8-11H2,1-2H3. The molecule has 0 aromatic heterocycles. The highest BCUT2D eigenvalue weighted by Crippen LogP contribution is 2.37. The second kappa shape index (κ2) is 11.0. The van der Waals surface area contributed by atoms with Crippen LogP contribution >= 0.6 is 0 Å². The van der Waals surface area contributed by atoms with Crippen LogP contribution in [-0.2, 0) is 4.74 Å². The highest BCUT2D eigenvalue weighted by Gasteiger charge is 2.27. The Kier molecular flexibility index (Phi) is 7.76. The van der Waals surface area contributed by atoms with E-state index in [4.69, 9.17) is 14.2 Å². The number of halogens is 3. The smallest absolute Gasteiger partial charge is 0.343 e. The summed E-state index contributed by atoms with van der Waals surface area (Å²) >= 11 is 0. The normalized spacial score (nSPS) is 17.7. The molecule has 0 atom stereocenters. The predicted molar refractivity (Wildman–Crippen MR) is 126 cm³/mol. The molecule has 4 rings (SSSR count). The summed E-state index contributed by atoms with van der Waals surface area (Å²) in [5, 5.41) is 0. The number of carbonyl (C=O) groups is 1. The summed E-state index contributed by atoms with van der Waals surface area (Å²) in [6, 6.07) is 13.3. The van der Waals surface area contributed by atoms with Crippen molar-refractivity contribution in [1.29, 1.82) is 0 Å². The third-order valence-corrected chi connectivity index (χ3v) is 6.41. The van der Waals surface area contributed by atoms with E-state index in [0.717, 1.165) is 12.8 Å². The monoisotopic (exact) mass is 484 g/mol. The van der Waals surface area contributed by atoms with Gasteiger partial charge in [-0.15, -0.1) is 0 Å². The van der Waals surface area contributed by atoms with E-state index in [1.165, 1.54) is 30.3 Å². The minimum absolute atomic E-state index is 0.101. The third kappa shape index (κ3) is 5.51. The molecule has 0 aliphatic heterocycles. The van der Waals surface area contributed by atoms with Crippen LogP contribution in [0.2, 0.25) is 0 Å². The zero-order valence-electron chi connectivity index (χ0n) is 19.7. The van der Waals surface area contributed by atoms with Gasteiger partial charge < -0.3 is 14.2 Å². The molecule has 35 heavy (non-hydrogen) atoms. The number of methoxy groups -OCH3 is 1. The summed E-state index contributed by atoms with van der Waals surface area (Å²) in [7, 11) is 1.65. The fourth-order valence-corrected chi connectivity index (χ4v) is 4.48. The van der Waals surface area contributed by atoms with E-state index in [2.05, 4.69) is 0 Å². The van der Waals surface area contributed by atoms with Crippen LogP contribution in [-0.4, -0.2) is 25.8 Å². The Morgan fingerprint density at radius 2 is 1.63 bits per heavy atom. The average molecular weight is 485 g/mol. The van der Waals surface area contributed by atoms with Crippen LogP contribution in [0.5, 0.6) is 11.5 Å². The van der Waals surface area contributed by atoms with E-state index in [9.17, 15) is 18.0 Å². The quantitative estimate of drug-likeness (QED) is 0.266. The molecule has 184 valence electrons. The van der Waals surface area contributed by atoms with Gasteiger partial charge in [0, 0.05) is 18.7 Å². The summed E-state index contributed by atoms with van der Waals surface area (Å²) in [6.07, 6.45) is 3.13. The predicted octanol–water partition coefficient (Wildman–Crippen LogP) is 7.06. The lowest BCUT2D eigenvalue weighted by Gasteiger charge is -2.28. The Morgan fingerprint density at radius 3 is 2.26 bits per heavy atom. The fourth-order valence-electron chi connectivity index (χ4n) is 4.48. The van der Waals surface area contributed by atoms with Crippen LogP contribution in [0.15, 0.2) is 54.6 Å². The first kappa shape index (κ1) is 24.8. The van der Waals surface area contributed by atoms with Crippen LogP contribution in [0.25, 0.3) is 11.1 Å².